The summed E-state index contributed by atoms with van der Waals surface area (Å²) >= 11 is 0. The molecule has 0 spiro atoms. The Bertz CT molecular complexity index is 329. The molecule has 0 bridgehead atoms. The van der Waals surface area contributed by atoms with E-state index < -0.39 is 0 Å². The van der Waals surface area contributed by atoms with Crippen LogP contribution >= 0.6 is 0 Å². The first-order valence-corrected chi connectivity index (χ1v) is 6.61. The molecule has 102 valence electrons. The third-order valence-electron chi connectivity index (χ3n) is 2.29. The number of nitrogens with zero attached hydrogens (tertiary/aromatic N) is 1. The van der Waals surface area contributed by atoms with Crippen LogP contribution in [0, 0.1) is 0 Å². The van der Waals surface area contributed by atoms with Crippen LogP contribution in [-0.2, 0) is 16.1 Å². The SMILES string of the molecule is CCCNc1cccc(COCCOC(C)C)n1. The fraction of sp³-hybridized carbons (Fsp3) is 0.643. The van der Waals surface area contributed by atoms with Crippen LogP contribution in [0.2, 0.25) is 0 Å². The summed E-state index contributed by atoms with van der Waals surface area (Å²) in [7, 11) is 0. The minimum absolute atomic E-state index is 0.258. The second-order valence-corrected chi connectivity index (χ2v) is 4.41. The van der Waals surface area contributed by atoms with Crippen molar-refractivity contribution in [1.82, 2.24) is 4.98 Å². The van der Waals surface area contributed by atoms with E-state index in [2.05, 4.69) is 17.2 Å². The normalized spacial score (nSPS) is 10.9. The second kappa shape index (κ2) is 8.89. The summed E-state index contributed by atoms with van der Waals surface area (Å²) in [5.74, 6) is 0.913. The van der Waals surface area contributed by atoms with E-state index in [9.17, 15) is 0 Å². The van der Waals surface area contributed by atoms with Crippen LogP contribution in [0.3, 0.4) is 0 Å². The fourth-order valence-corrected chi connectivity index (χ4v) is 1.43. The Morgan fingerprint density at radius 1 is 1.28 bits per heavy atom. The number of hydrogen-bond donors (Lipinski definition) is 1. The summed E-state index contributed by atoms with van der Waals surface area (Å²) in [6, 6.07) is 5.94. The summed E-state index contributed by atoms with van der Waals surface area (Å²) in [6.45, 7) is 8.88. The zero-order valence-corrected chi connectivity index (χ0v) is 11.6. The van der Waals surface area contributed by atoms with Crippen LogP contribution in [-0.4, -0.2) is 30.8 Å². The van der Waals surface area contributed by atoms with Crippen molar-refractivity contribution in [3.63, 3.8) is 0 Å². The Morgan fingerprint density at radius 2 is 2.11 bits per heavy atom. The zero-order chi connectivity index (χ0) is 13.2. The highest BCUT2D eigenvalue weighted by atomic mass is 16.5. The van der Waals surface area contributed by atoms with E-state index >= 15 is 0 Å². The molecule has 1 heterocycles. The molecule has 18 heavy (non-hydrogen) atoms. The van der Waals surface area contributed by atoms with Crippen LogP contribution in [0.15, 0.2) is 18.2 Å². The molecule has 0 atom stereocenters. The van der Waals surface area contributed by atoms with Gasteiger partial charge in [0.15, 0.2) is 0 Å². The van der Waals surface area contributed by atoms with Crippen LogP contribution < -0.4 is 5.32 Å². The van der Waals surface area contributed by atoms with Crippen molar-refractivity contribution in [1.29, 1.82) is 0 Å². The number of pyridine rings is 1. The maximum Gasteiger partial charge on any atom is 0.126 e. The average molecular weight is 252 g/mol. The van der Waals surface area contributed by atoms with Crippen LogP contribution in [0.1, 0.15) is 32.9 Å². The van der Waals surface area contributed by atoms with Gasteiger partial charge in [0.1, 0.15) is 5.82 Å². The Labute approximate surface area is 110 Å². The minimum Gasteiger partial charge on any atom is -0.376 e. The predicted octanol–water partition coefficient (Wildman–Crippen LogP) is 2.85. The number of hydrogen-bond acceptors (Lipinski definition) is 4. The Morgan fingerprint density at radius 3 is 2.83 bits per heavy atom. The van der Waals surface area contributed by atoms with Crippen molar-refractivity contribution >= 4 is 5.82 Å². The highest BCUT2D eigenvalue weighted by molar-refractivity contribution is 5.34. The molecule has 1 rings (SSSR count). The van der Waals surface area contributed by atoms with Crippen molar-refractivity contribution < 1.29 is 9.47 Å². The molecule has 0 amide bonds. The van der Waals surface area contributed by atoms with Gasteiger partial charge in [-0.3, -0.25) is 0 Å². The van der Waals surface area contributed by atoms with Gasteiger partial charge in [-0.05, 0) is 32.4 Å². The number of nitrogens with one attached hydrogen (secondary N) is 1. The number of aromatic nitrogens is 1. The third kappa shape index (κ3) is 6.57. The van der Waals surface area contributed by atoms with Gasteiger partial charge in [0.05, 0.1) is 31.6 Å². The lowest BCUT2D eigenvalue weighted by Crippen LogP contribution is -2.10. The molecular weight excluding hydrogens is 228 g/mol. The monoisotopic (exact) mass is 252 g/mol. The summed E-state index contributed by atoms with van der Waals surface area (Å²) in [4.78, 5) is 4.47. The van der Waals surface area contributed by atoms with Crippen molar-refractivity contribution in [3.05, 3.63) is 23.9 Å². The molecule has 4 nitrogen and oxygen atoms in total. The van der Waals surface area contributed by atoms with E-state index in [4.69, 9.17) is 9.47 Å². The van der Waals surface area contributed by atoms with Crippen molar-refractivity contribution in [3.8, 4) is 0 Å². The molecule has 0 saturated heterocycles. The maximum absolute atomic E-state index is 5.51. The summed E-state index contributed by atoms with van der Waals surface area (Å²) in [5.41, 5.74) is 0.945. The molecule has 0 aliphatic carbocycles. The van der Waals surface area contributed by atoms with Gasteiger partial charge in [0.2, 0.25) is 0 Å². The lowest BCUT2D eigenvalue weighted by molar-refractivity contribution is 0.0136. The Kier molecular flexibility index (Phi) is 7.37. The molecule has 0 aliphatic heterocycles. The third-order valence-corrected chi connectivity index (χ3v) is 2.29. The maximum atomic E-state index is 5.51. The van der Waals surface area contributed by atoms with Gasteiger partial charge in [-0.2, -0.15) is 0 Å². The lowest BCUT2D eigenvalue weighted by atomic mass is 10.3. The van der Waals surface area contributed by atoms with Crippen molar-refractivity contribution in [2.45, 2.75) is 39.9 Å². The zero-order valence-electron chi connectivity index (χ0n) is 11.6. The van der Waals surface area contributed by atoms with Gasteiger partial charge in [-0.1, -0.05) is 13.0 Å². The van der Waals surface area contributed by atoms with E-state index in [1.165, 1.54) is 0 Å². The average Bonchev–Trinajstić information content (AvgIpc) is 2.36. The largest absolute Gasteiger partial charge is 0.376 e. The fourth-order valence-electron chi connectivity index (χ4n) is 1.43. The van der Waals surface area contributed by atoms with E-state index in [0.29, 0.717) is 19.8 Å². The first-order valence-electron chi connectivity index (χ1n) is 6.61. The van der Waals surface area contributed by atoms with Gasteiger partial charge in [0.25, 0.3) is 0 Å². The highest BCUT2D eigenvalue weighted by Gasteiger charge is 1.98. The Hall–Kier alpha value is -1.13. The van der Waals surface area contributed by atoms with E-state index in [1.807, 2.05) is 32.0 Å². The number of rotatable bonds is 9. The van der Waals surface area contributed by atoms with E-state index in [-0.39, 0.29) is 6.10 Å². The van der Waals surface area contributed by atoms with Gasteiger partial charge in [-0.15, -0.1) is 0 Å². The van der Waals surface area contributed by atoms with Gasteiger partial charge in [-0.25, -0.2) is 4.98 Å². The van der Waals surface area contributed by atoms with Crippen molar-refractivity contribution in [2.24, 2.45) is 0 Å². The van der Waals surface area contributed by atoms with Crippen LogP contribution in [0.25, 0.3) is 0 Å². The second-order valence-electron chi connectivity index (χ2n) is 4.41. The van der Waals surface area contributed by atoms with Crippen LogP contribution in [0.4, 0.5) is 5.82 Å². The standard InChI is InChI=1S/C14H24N2O2/c1-4-8-15-14-7-5-6-13(16-14)11-17-9-10-18-12(2)3/h5-7,12H,4,8-11H2,1-3H3,(H,15,16). The molecule has 0 unspecified atom stereocenters. The molecule has 4 heteroatoms. The Balaban J connectivity index is 2.24. The molecule has 0 saturated carbocycles. The summed E-state index contributed by atoms with van der Waals surface area (Å²) < 4.78 is 10.9. The molecule has 0 fully saturated rings. The van der Waals surface area contributed by atoms with Gasteiger partial charge >= 0.3 is 0 Å². The topological polar surface area (TPSA) is 43.4 Å². The number of anilines is 1. The lowest BCUT2D eigenvalue weighted by Gasteiger charge is -2.09. The van der Waals surface area contributed by atoms with Gasteiger partial charge in [0, 0.05) is 6.54 Å². The predicted molar refractivity (Wildman–Crippen MR) is 73.8 cm³/mol. The highest BCUT2D eigenvalue weighted by Crippen LogP contribution is 2.06. The summed E-state index contributed by atoms with van der Waals surface area (Å²) in [5, 5.41) is 3.26. The molecule has 0 aliphatic rings. The first-order chi connectivity index (χ1) is 8.72. The quantitative estimate of drug-likeness (QED) is 0.686. The molecule has 0 radical (unpaired) electrons. The summed E-state index contributed by atoms with van der Waals surface area (Å²) in [6.07, 6.45) is 1.35. The first kappa shape index (κ1) is 14.9. The number of ether oxygens (including phenoxy) is 2. The molecule has 0 aromatic carbocycles. The smallest absolute Gasteiger partial charge is 0.126 e. The van der Waals surface area contributed by atoms with Gasteiger partial charge < -0.3 is 14.8 Å². The minimum atomic E-state index is 0.258. The van der Waals surface area contributed by atoms with E-state index in [0.717, 1.165) is 24.5 Å². The van der Waals surface area contributed by atoms with Crippen molar-refractivity contribution in [2.75, 3.05) is 25.1 Å². The molecule has 1 aromatic heterocycles. The molecular formula is C14H24N2O2. The molecule has 1 aromatic rings. The molecule has 1 N–H and O–H groups in total. The van der Waals surface area contributed by atoms with E-state index in [1.54, 1.807) is 0 Å². The van der Waals surface area contributed by atoms with Crippen LogP contribution in [0.5, 0.6) is 0 Å².